The van der Waals surface area contributed by atoms with Crippen LogP contribution in [0.4, 0.5) is 0 Å². The highest BCUT2D eigenvalue weighted by molar-refractivity contribution is 7.89. The quantitative estimate of drug-likeness (QED) is 0.899. The van der Waals surface area contributed by atoms with E-state index in [1.54, 1.807) is 25.1 Å². The fourth-order valence-electron chi connectivity index (χ4n) is 4.07. The lowest BCUT2D eigenvalue weighted by atomic mass is 9.85. The average Bonchev–Trinajstić information content (AvgIpc) is 2.95. The molecule has 3 atom stereocenters. The van der Waals surface area contributed by atoms with Gasteiger partial charge in [0, 0.05) is 6.04 Å². The van der Waals surface area contributed by atoms with Gasteiger partial charge in [0.15, 0.2) is 0 Å². The minimum atomic E-state index is -3.94. The largest absolute Gasteiger partial charge is 0.495 e. The number of fused-ring (bicyclic) bond motifs is 1. The molecule has 1 heterocycles. The molecule has 1 saturated heterocycles. The van der Waals surface area contributed by atoms with Crippen molar-refractivity contribution in [3.63, 3.8) is 0 Å². The maximum absolute atomic E-state index is 13.3. The summed E-state index contributed by atoms with van der Waals surface area (Å²) in [6.45, 7) is 1.81. The summed E-state index contributed by atoms with van der Waals surface area (Å²) in [5, 5.41) is 9.58. The van der Waals surface area contributed by atoms with E-state index in [9.17, 15) is 18.3 Å². The molecule has 3 rings (SSSR count). The number of ether oxygens (including phenoxy) is 1. The molecule has 0 bridgehead atoms. The third-order valence-corrected chi connectivity index (χ3v) is 7.14. The number of benzene rings is 1. The van der Waals surface area contributed by atoms with Gasteiger partial charge in [-0.2, -0.15) is 4.31 Å². The zero-order valence-corrected chi connectivity index (χ0v) is 14.8. The van der Waals surface area contributed by atoms with Crippen LogP contribution in [-0.2, 0) is 14.8 Å². The zero-order chi connectivity index (χ0) is 17.5. The van der Waals surface area contributed by atoms with Gasteiger partial charge in [-0.25, -0.2) is 8.42 Å². The Morgan fingerprint density at radius 2 is 2.00 bits per heavy atom. The lowest BCUT2D eigenvalue weighted by molar-refractivity contribution is -0.141. The second-order valence-corrected chi connectivity index (χ2v) is 8.50. The normalized spacial score (nSPS) is 27.7. The van der Waals surface area contributed by atoms with Crippen molar-refractivity contribution < 1.29 is 23.1 Å². The fourth-order valence-corrected chi connectivity index (χ4v) is 6.19. The molecule has 3 unspecified atom stereocenters. The highest BCUT2D eigenvalue weighted by Crippen LogP contribution is 2.44. The number of hydrogen-bond donors (Lipinski definition) is 1. The lowest BCUT2D eigenvalue weighted by Crippen LogP contribution is -2.46. The molecule has 6 nitrogen and oxygen atoms in total. The van der Waals surface area contributed by atoms with E-state index < -0.39 is 22.0 Å². The van der Waals surface area contributed by atoms with Crippen LogP contribution in [0.3, 0.4) is 0 Å². The van der Waals surface area contributed by atoms with E-state index in [1.165, 1.54) is 11.4 Å². The minimum absolute atomic E-state index is 0.0578. The van der Waals surface area contributed by atoms with Gasteiger partial charge in [0.05, 0.1) is 7.11 Å². The average molecular weight is 353 g/mol. The van der Waals surface area contributed by atoms with Crippen LogP contribution < -0.4 is 4.74 Å². The van der Waals surface area contributed by atoms with Crippen LogP contribution in [0.1, 0.15) is 37.7 Å². The van der Waals surface area contributed by atoms with Gasteiger partial charge in [0.25, 0.3) is 0 Å². The Hall–Kier alpha value is -1.60. The summed E-state index contributed by atoms with van der Waals surface area (Å²) < 4.78 is 33.1. The molecule has 24 heavy (non-hydrogen) atoms. The summed E-state index contributed by atoms with van der Waals surface area (Å²) >= 11 is 0. The first-order valence-electron chi connectivity index (χ1n) is 8.27. The predicted octanol–water partition coefficient (Wildman–Crippen LogP) is 2.41. The van der Waals surface area contributed by atoms with E-state index >= 15 is 0 Å². The Morgan fingerprint density at radius 3 is 2.67 bits per heavy atom. The number of rotatable bonds is 4. The number of carbonyl (C=O) groups is 1. The van der Waals surface area contributed by atoms with Gasteiger partial charge < -0.3 is 9.84 Å². The molecule has 1 aliphatic heterocycles. The van der Waals surface area contributed by atoms with Crippen molar-refractivity contribution in [3.05, 3.63) is 23.8 Å². The summed E-state index contributed by atoms with van der Waals surface area (Å²) in [5.74, 6) is -0.686. The zero-order valence-electron chi connectivity index (χ0n) is 13.9. The topological polar surface area (TPSA) is 83.9 Å². The standard InChI is InChI=1S/C17H23NO5S/c1-11-7-8-15(23-2)16(9-11)24(21,22)18-13-6-4-3-5-12(13)10-14(18)17(19)20/h7-9,12-14H,3-6,10H2,1-2H3,(H,19,20). The van der Waals surface area contributed by atoms with Crippen molar-refractivity contribution in [2.75, 3.05) is 7.11 Å². The predicted molar refractivity (Wildman–Crippen MR) is 88.5 cm³/mol. The molecule has 0 spiro atoms. The Bertz CT molecular complexity index is 745. The van der Waals surface area contributed by atoms with Crippen LogP contribution in [0.2, 0.25) is 0 Å². The number of aryl methyl sites for hydroxylation is 1. The van der Waals surface area contributed by atoms with Gasteiger partial charge >= 0.3 is 5.97 Å². The SMILES string of the molecule is COc1ccc(C)cc1S(=O)(=O)N1C(C(=O)O)CC2CCCCC21. The van der Waals surface area contributed by atoms with Gasteiger partial charge in [-0.1, -0.05) is 18.9 Å². The van der Waals surface area contributed by atoms with Crippen LogP contribution in [0, 0.1) is 12.8 Å². The van der Waals surface area contributed by atoms with E-state index in [2.05, 4.69) is 0 Å². The number of sulfonamides is 1. The molecule has 0 radical (unpaired) electrons. The molecule has 2 fully saturated rings. The van der Waals surface area contributed by atoms with E-state index in [4.69, 9.17) is 4.74 Å². The second kappa shape index (κ2) is 6.37. The van der Waals surface area contributed by atoms with E-state index in [0.717, 1.165) is 31.2 Å². The molecule has 1 aliphatic carbocycles. The van der Waals surface area contributed by atoms with Crippen molar-refractivity contribution in [1.82, 2.24) is 4.31 Å². The summed E-state index contributed by atoms with van der Waals surface area (Å²) in [6.07, 6.45) is 3.99. The molecule has 1 saturated carbocycles. The number of hydrogen-bond acceptors (Lipinski definition) is 4. The molecule has 0 amide bonds. The van der Waals surface area contributed by atoms with Crippen LogP contribution >= 0.6 is 0 Å². The molecule has 1 aromatic carbocycles. The van der Waals surface area contributed by atoms with Crippen molar-refractivity contribution in [2.24, 2.45) is 5.92 Å². The third-order valence-electron chi connectivity index (χ3n) is 5.19. The highest BCUT2D eigenvalue weighted by Gasteiger charge is 2.51. The molecular formula is C17H23NO5S. The summed E-state index contributed by atoms with van der Waals surface area (Å²) in [7, 11) is -2.52. The number of methoxy groups -OCH3 is 1. The number of nitrogens with zero attached hydrogens (tertiary/aromatic N) is 1. The molecule has 1 aromatic rings. The van der Waals surface area contributed by atoms with Crippen LogP contribution in [0.25, 0.3) is 0 Å². The van der Waals surface area contributed by atoms with Gasteiger partial charge in [0.1, 0.15) is 16.7 Å². The second-order valence-electron chi connectivity index (χ2n) is 6.69. The highest BCUT2D eigenvalue weighted by atomic mass is 32.2. The number of carboxylic acid groups (broad SMARTS) is 1. The van der Waals surface area contributed by atoms with Gasteiger partial charge in [-0.15, -0.1) is 0 Å². The van der Waals surface area contributed by atoms with E-state index in [0.29, 0.717) is 6.42 Å². The first-order valence-corrected chi connectivity index (χ1v) is 9.71. The summed E-state index contributed by atoms with van der Waals surface area (Å²) in [4.78, 5) is 11.8. The summed E-state index contributed by atoms with van der Waals surface area (Å²) in [6, 6.07) is 3.73. The number of carboxylic acids is 1. The minimum Gasteiger partial charge on any atom is -0.495 e. The smallest absolute Gasteiger partial charge is 0.322 e. The van der Waals surface area contributed by atoms with E-state index in [1.807, 2.05) is 0 Å². The van der Waals surface area contributed by atoms with Crippen LogP contribution in [0.15, 0.2) is 23.1 Å². The fraction of sp³-hybridized carbons (Fsp3) is 0.588. The Morgan fingerprint density at radius 1 is 1.29 bits per heavy atom. The monoisotopic (exact) mass is 353 g/mol. The molecule has 0 aromatic heterocycles. The Kier molecular flexibility index (Phi) is 4.57. The van der Waals surface area contributed by atoms with Crippen LogP contribution in [0.5, 0.6) is 5.75 Å². The molecular weight excluding hydrogens is 330 g/mol. The summed E-state index contributed by atoms with van der Waals surface area (Å²) in [5.41, 5.74) is 0.792. The Labute approximate surface area is 142 Å². The third kappa shape index (κ3) is 2.80. The molecule has 7 heteroatoms. The maximum atomic E-state index is 13.3. The molecule has 2 aliphatic rings. The lowest BCUT2D eigenvalue weighted by Gasteiger charge is -2.32. The van der Waals surface area contributed by atoms with Gasteiger partial charge in [0.2, 0.25) is 10.0 Å². The van der Waals surface area contributed by atoms with Gasteiger partial charge in [-0.05, 0) is 49.8 Å². The van der Waals surface area contributed by atoms with Crippen LogP contribution in [-0.4, -0.2) is 43.0 Å². The van der Waals surface area contributed by atoms with Crippen molar-refractivity contribution >= 4 is 16.0 Å². The van der Waals surface area contributed by atoms with Gasteiger partial charge in [-0.3, -0.25) is 4.79 Å². The van der Waals surface area contributed by atoms with Crippen molar-refractivity contribution in [3.8, 4) is 5.75 Å². The van der Waals surface area contributed by atoms with Crippen molar-refractivity contribution in [2.45, 2.75) is 56.0 Å². The first-order chi connectivity index (χ1) is 11.4. The number of aliphatic carboxylic acids is 1. The maximum Gasteiger partial charge on any atom is 0.322 e. The Balaban J connectivity index is 2.09. The van der Waals surface area contributed by atoms with E-state index in [-0.39, 0.29) is 22.6 Å². The molecule has 1 N–H and O–H groups in total. The first kappa shape index (κ1) is 17.2. The molecule has 132 valence electrons. The van der Waals surface area contributed by atoms with Crippen molar-refractivity contribution in [1.29, 1.82) is 0 Å².